The molecule has 0 saturated heterocycles. The highest BCUT2D eigenvalue weighted by molar-refractivity contribution is 7.11. The number of aliphatic imine (C=N–C) groups is 1. The van der Waals surface area contributed by atoms with E-state index in [0.717, 1.165) is 38.6 Å². The molecule has 0 aliphatic carbocycles. The molecule has 5 heteroatoms. The third-order valence-electron chi connectivity index (χ3n) is 3.91. The van der Waals surface area contributed by atoms with Crippen molar-refractivity contribution in [3.63, 3.8) is 0 Å². The van der Waals surface area contributed by atoms with Gasteiger partial charge < -0.3 is 15.5 Å². The van der Waals surface area contributed by atoms with Crippen LogP contribution in [-0.4, -0.2) is 43.6 Å². The lowest BCUT2D eigenvalue weighted by Gasteiger charge is -2.20. The molecule has 1 aromatic rings. The van der Waals surface area contributed by atoms with Crippen molar-refractivity contribution in [1.29, 1.82) is 0 Å². The van der Waals surface area contributed by atoms with Crippen molar-refractivity contribution in [2.24, 2.45) is 4.99 Å². The predicted octanol–water partition coefficient (Wildman–Crippen LogP) is 3.49. The third-order valence-corrected chi connectivity index (χ3v) is 5.13. The molecule has 0 spiro atoms. The predicted molar refractivity (Wildman–Crippen MR) is 104 cm³/mol. The first kappa shape index (κ1) is 20.0. The van der Waals surface area contributed by atoms with E-state index in [1.165, 1.54) is 22.6 Å². The third kappa shape index (κ3) is 8.37. The van der Waals surface area contributed by atoms with Crippen LogP contribution in [0.15, 0.2) is 17.1 Å². The average Bonchev–Trinajstić information content (AvgIpc) is 2.99. The smallest absolute Gasteiger partial charge is 0.191 e. The van der Waals surface area contributed by atoms with E-state index in [2.05, 4.69) is 67.4 Å². The maximum Gasteiger partial charge on any atom is 0.191 e. The number of nitrogens with zero attached hydrogens (tertiary/aromatic N) is 2. The molecule has 2 N–H and O–H groups in total. The van der Waals surface area contributed by atoms with Crippen LogP contribution in [0.5, 0.6) is 0 Å². The summed E-state index contributed by atoms with van der Waals surface area (Å²) in [5, 5.41) is 6.76. The molecular formula is C18H34N4S. The van der Waals surface area contributed by atoms with Crippen molar-refractivity contribution in [2.75, 3.05) is 26.7 Å². The second-order valence-corrected chi connectivity index (χ2v) is 7.38. The van der Waals surface area contributed by atoms with Crippen LogP contribution in [-0.2, 0) is 13.0 Å². The largest absolute Gasteiger partial charge is 0.357 e. The van der Waals surface area contributed by atoms with Gasteiger partial charge in [-0.1, -0.05) is 6.92 Å². The van der Waals surface area contributed by atoms with Crippen molar-refractivity contribution < 1.29 is 0 Å². The minimum atomic E-state index is 0.626. The summed E-state index contributed by atoms with van der Waals surface area (Å²) in [5.41, 5.74) is 0. The Hall–Kier alpha value is -1.07. The summed E-state index contributed by atoms with van der Waals surface area (Å²) >= 11 is 1.86. The van der Waals surface area contributed by atoms with E-state index in [1.54, 1.807) is 0 Å². The summed E-state index contributed by atoms with van der Waals surface area (Å²) in [5.74, 6) is 0.927. The first-order chi connectivity index (χ1) is 11.1. The number of nitrogens with one attached hydrogen (secondary N) is 2. The molecule has 0 aliphatic heterocycles. The average molecular weight is 339 g/mol. The lowest BCUT2D eigenvalue weighted by molar-refractivity contribution is 0.268. The molecular weight excluding hydrogens is 304 g/mol. The van der Waals surface area contributed by atoms with E-state index < -0.39 is 0 Å². The number of unbranched alkanes of at least 4 members (excludes halogenated alkanes) is 1. The summed E-state index contributed by atoms with van der Waals surface area (Å²) in [4.78, 5) is 9.84. The highest BCUT2D eigenvalue weighted by Gasteiger charge is 2.03. The zero-order valence-electron chi connectivity index (χ0n) is 15.5. The van der Waals surface area contributed by atoms with Gasteiger partial charge in [-0.05, 0) is 65.8 Å². The molecule has 0 atom stereocenters. The quantitative estimate of drug-likeness (QED) is 0.390. The van der Waals surface area contributed by atoms with E-state index >= 15 is 0 Å². The summed E-state index contributed by atoms with van der Waals surface area (Å²) in [6, 6.07) is 5.03. The molecule has 1 aromatic heterocycles. The van der Waals surface area contributed by atoms with E-state index in [1.807, 2.05) is 11.3 Å². The highest BCUT2D eigenvalue weighted by atomic mass is 32.1. The minimum Gasteiger partial charge on any atom is -0.357 e. The molecule has 23 heavy (non-hydrogen) atoms. The van der Waals surface area contributed by atoms with Crippen LogP contribution in [0.4, 0.5) is 0 Å². The molecule has 0 aliphatic rings. The van der Waals surface area contributed by atoms with Gasteiger partial charge in [0.25, 0.3) is 0 Å². The Bertz CT molecular complexity index is 454. The van der Waals surface area contributed by atoms with E-state index in [-0.39, 0.29) is 0 Å². The second kappa shape index (κ2) is 11.5. The van der Waals surface area contributed by atoms with Crippen LogP contribution in [0.25, 0.3) is 0 Å². The number of thiophene rings is 1. The van der Waals surface area contributed by atoms with Crippen LogP contribution in [0, 0.1) is 0 Å². The molecule has 0 radical (unpaired) electrons. The molecule has 0 saturated carbocycles. The molecule has 1 heterocycles. The Balaban J connectivity index is 2.32. The lowest BCUT2D eigenvalue weighted by atomic mass is 10.2. The molecule has 0 fully saturated rings. The number of guanidine groups is 1. The first-order valence-electron chi connectivity index (χ1n) is 8.86. The molecule has 132 valence electrons. The normalized spacial score (nSPS) is 12.2. The SMILES string of the molecule is CCNC(=NCc1ccc(CC)s1)NCCCCN(C)C(C)C. The van der Waals surface area contributed by atoms with Crippen LogP contribution < -0.4 is 10.6 Å². The standard InChI is InChI=1S/C18H34N4S/c1-6-16-10-11-17(23-16)14-21-18(19-7-2)20-12-8-9-13-22(5)15(3)4/h10-11,15H,6-9,12-14H2,1-5H3,(H2,19,20,21). The maximum absolute atomic E-state index is 4.69. The van der Waals surface area contributed by atoms with Gasteiger partial charge in [0.15, 0.2) is 5.96 Å². The lowest BCUT2D eigenvalue weighted by Crippen LogP contribution is -2.38. The van der Waals surface area contributed by atoms with Gasteiger partial charge in [-0.3, -0.25) is 0 Å². The van der Waals surface area contributed by atoms with Crippen LogP contribution in [0.2, 0.25) is 0 Å². The number of hydrogen-bond acceptors (Lipinski definition) is 3. The molecule has 0 unspecified atom stereocenters. The Morgan fingerprint density at radius 2 is 1.91 bits per heavy atom. The fraction of sp³-hybridized carbons (Fsp3) is 0.722. The summed E-state index contributed by atoms with van der Waals surface area (Å²) < 4.78 is 0. The monoisotopic (exact) mass is 338 g/mol. The van der Waals surface area contributed by atoms with Crippen molar-refractivity contribution in [1.82, 2.24) is 15.5 Å². The Morgan fingerprint density at radius 3 is 2.52 bits per heavy atom. The van der Waals surface area contributed by atoms with Crippen molar-refractivity contribution in [3.05, 3.63) is 21.9 Å². The number of aryl methyl sites for hydroxylation is 1. The highest BCUT2D eigenvalue weighted by Crippen LogP contribution is 2.17. The molecule has 0 bridgehead atoms. The van der Waals surface area contributed by atoms with Crippen molar-refractivity contribution in [2.45, 2.75) is 59.5 Å². The van der Waals surface area contributed by atoms with Gasteiger partial charge in [-0.15, -0.1) is 11.3 Å². The van der Waals surface area contributed by atoms with E-state index in [0.29, 0.717) is 6.04 Å². The first-order valence-corrected chi connectivity index (χ1v) is 9.68. The number of hydrogen-bond donors (Lipinski definition) is 2. The van der Waals surface area contributed by atoms with Gasteiger partial charge in [0, 0.05) is 28.9 Å². The fourth-order valence-electron chi connectivity index (χ4n) is 2.15. The van der Waals surface area contributed by atoms with Gasteiger partial charge in [0.1, 0.15) is 0 Å². The maximum atomic E-state index is 4.69. The minimum absolute atomic E-state index is 0.626. The molecule has 0 aromatic carbocycles. The summed E-state index contributed by atoms with van der Waals surface area (Å²) in [6.07, 6.45) is 3.49. The summed E-state index contributed by atoms with van der Waals surface area (Å²) in [7, 11) is 2.19. The van der Waals surface area contributed by atoms with Gasteiger partial charge >= 0.3 is 0 Å². The van der Waals surface area contributed by atoms with E-state index in [9.17, 15) is 0 Å². The van der Waals surface area contributed by atoms with Gasteiger partial charge in [0.2, 0.25) is 0 Å². The molecule has 1 rings (SSSR count). The summed E-state index contributed by atoms with van der Waals surface area (Å²) in [6.45, 7) is 12.6. The Labute approximate surface area is 146 Å². The van der Waals surface area contributed by atoms with Crippen molar-refractivity contribution >= 4 is 17.3 Å². The fourth-order valence-corrected chi connectivity index (χ4v) is 3.03. The van der Waals surface area contributed by atoms with Gasteiger partial charge in [-0.25, -0.2) is 4.99 Å². The van der Waals surface area contributed by atoms with Gasteiger partial charge in [0.05, 0.1) is 6.54 Å². The zero-order chi connectivity index (χ0) is 17.1. The van der Waals surface area contributed by atoms with Crippen LogP contribution in [0.3, 0.4) is 0 Å². The Morgan fingerprint density at radius 1 is 1.17 bits per heavy atom. The Kier molecular flexibility index (Phi) is 9.96. The van der Waals surface area contributed by atoms with Gasteiger partial charge in [-0.2, -0.15) is 0 Å². The second-order valence-electron chi connectivity index (χ2n) is 6.12. The zero-order valence-corrected chi connectivity index (χ0v) is 16.3. The topological polar surface area (TPSA) is 39.7 Å². The molecule has 4 nitrogen and oxygen atoms in total. The van der Waals surface area contributed by atoms with E-state index in [4.69, 9.17) is 0 Å². The van der Waals surface area contributed by atoms with Crippen molar-refractivity contribution in [3.8, 4) is 0 Å². The van der Waals surface area contributed by atoms with Crippen LogP contribution >= 0.6 is 11.3 Å². The number of rotatable bonds is 10. The van der Waals surface area contributed by atoms with Crippen LogP contribution in [0.1, 0.15) is 50.3 Å². The molecule has 0 amide bonds.